The maximum absolute atomic E-state index is 13.7. The van der Waals surface area contributed by atoms with Crippen LogP contribution in [-0.2, 0) is 13.0 Å². The smallest absolute Gasteiger partial charge is 0.318 e. The predicted molar refractivity (Wildman–Crippen MR) is 127 cm³/mol. The van der Waals surface area contributed by atoms with Crippen LogP contribution in [0.15, 0.2) is 66.7 Å². The van der Waals surface area contributed by atoms with E-state index in [1.54, 1.807) is 24.1 Å². The molecule has 5 rings (SSSR count). The quantitative estimate of drug-likeness (QED) is 0.400. The van der Waals surface area contributed by atoms with Crippen LogP contribution < -0.4 is 10.1 Å². The van der Waals surface area contributed by atoms with Crippen molar-refractivity contribution in [2.75, 3.05) is 13.7 Å². The molecule has 2 heterocycles. The molecule has 33 heavy (non-hydrogen) atoms. The largest absolute Gasteiger partial charge is 0.497 e. The number of methoxy groups -OCH3 is 1. The van der Waals surface area contributed by atoms with Crippen molar-refractivity contribution in [3.63, 3.8) is 0 Å². The molecule has 0 unspecified atom stereocenters. The molecule has 0 saturated carbocycles. The normalized spacial score (nSPS) is 15.4. The molecule has 4 aromatic rings. The summed E-state index contributed by atoms with van der Waals surface area (Å²) in [5.41, 5.74) is 4.82. The Kier molecular flexibility index (Phi) is 5.68. The van der Waals surface area contributed by atoms with Gasteiger partial charge in [-0.2, -0.15) is 0 Å². The van der Waals surface area contributed by atoms with E-state index in [-0.39, 0.29) is 17.9 Å². The summed E-state index contributed by atoms with van der Waals surface area (Å²) in [6.45, 7) is 0.899. The van der Waals surface area contributed by atoms with Gasteiger partial charge in [0.15, 0.2) is 0 Å². The van der Waals surface area contributed by atoms with Crippen LogP contribution >= 0.6 is 11.6 Å². The van der Waals surface area contributed by atoms with Crippen LogP contribution in [0, 0.1) is 5.82 Å². The average molecular weight is 464 g/mol. The first-order valence-corrected chi connectivity index (χ1v) is 11.1. The topological polar surface area (TPSA) is 57.4 Å². The molecule has 2 amide bonds. The highest BCUT2D eigenvalue weighted by Crippen LogP contribution is 2.39. The molecule has 1 atom stereocenters. The van der Waals surface area contributed by atoms with Crippen LogP contribution in [-0.4, -0.2) is 29.6 Å². The van der Waals surface area contributed by atoms with Gasteiger partial charge in [0, 0.05) is 34.7 Å². The number of aromatic nitrogens is 1. The zero-order chi connectivity index (χ0) is 22.9. The Hall–Kier alpha value is -3.51. The van der Waals surface area contributed by atoms with Crippen LogP contribution in [0.5, 0.6) is 5.75 Å². The van der Waals surface area contributed by atoms with E-state index in [1.165, 1.54) is 12.1 Å². The number of carbonyl (C=O) groups excluding carboxylic acids is 1. The van der Waals surface area contributed by atoms with Gasteiger partial charge in [0.05, 0.1) is 13.2 Å². The van der Waals surface area contributed by atoms with Gasteiger partial charge in [-0.05, 0) is 65.6 Å². The van der Waals surface area contributed by atoms with Gasteiger partial charge >= 0.3 is 6.03 Å². The van der Waals surface area contributed by atoms with E-state index in [0.717, 1.165) is 39.0 Å². The lowest BCUT2D eigenvalue weighted by molar-refractivity contribution is 0.179. The summed E-state index contributed by atoms with van der Waals surface area (Å²) in [5, 5.41) is 4.75. The number of hydrogen-bond donors (Lipinski definition) is 2. The Bertz CT molecular complexity index is 1320. The molecule has 0 bridgehead atoms. The van der Waals surface area contributed by atoms with E-state index in [1.807, 2.05) is 42.5 Å². The summed E-state index contributed by atoms with van der Waals surface area (Å²) >= 11 is 6.25. The fraction of sp³-hybridized carbons (Fsp3) is 0.192. The number of benzene rings is 3. The van der Waals surface area contributed by atoms with Crippen molar-refractivity contribution in [2.24, 2.45) is 0 Å². The summed E-state index contributed by atoms with van der Waals surface area (Å²) in [6.07, 6.45) is 0.694. The summed E-state index contributed by atoms with van der Waals surface area (Å²) in [5.74, 6) is 0.428. The van der Waals surface area contributed by atoms with Gasteiger partial charge in [-0.15, -0.1) is 0 Å². The fourth-order valence-corrected chi connectivity index (χ4v) is 4.70. The summed E-state index contributed by atoms with van der Waals surface area (Å²) in [6, 6.07) is 19.1. The average Bonchev–Trinajstić information content (AvgIpc) is 3.20. The highest BCUT2D eigenvalue weighted by Gasteiger charge is 2.34. The molecule has 0 aliphatic carbocycles. The summed E-state index contributed by atoms with van der Waals surface area (Å²) < 4.78 is 18.9. The van der Waals surface area contributed by atoms with E-state index >= 15 is 0 Å². The van der Waals surface area contributed by atoms with Crippen LogP contribution in [0.2, 0.25) is 5.02 Å². The molecule has 0 fully saturated rings. The van der Waals surface area contributed by atoms with E-state index in [4.69, 9.17) is 16.3 Å². The van der Waals surface area contributed by atoms with Crippen molar-refractivity contribution in [3.8, 4) is 5.75 Å². The second-order valence-electron chi connectivity index (χ2n) is 8.11. The van der Waals surface area contributed by atoms with Crippen molar-refractivity contribution < 1.29 is 13.9 Å². The first-order chi connectivity index (χ1) is 16.0. The second kappa shape index (κ2) is 8.79. The SMILES string of the molecule is COc1cccc(CNC(=O)N2CCc3c([nH]c4ccc(Cl)cc34)[C@H]2c2ccc(F)cc2)c1. The number of hydrogen-bond acceptors (Lipinski definition) is 2. The van der Waals surface area contributed by atoms with Crippen LogP contribution in [0.1, 0.15) is 28.4 Å². The first kappa shape index (κ1) is 21.3. The predicted octanol–water partition coefficient (Wildman–Crippen LogP) is 5.83. The molecule has 168 valence electrons. The number of nitrogens with zero attached hydrogens (tertiary/aromatic N) is 1. The van der Waals surface area contributed by atoms with Crippen molar-refractivity contribution in [1.82, 2.24) is 15.2 Å². The highest BCUT2D eigenvalue weighted by atomic mass is 35.5. The van der Waals surface area contributed by atoms with E-state index in [9.17, 15) is 9.18 Å². The number of H-pyrrole nitrogens is 1. The maximum atomic E-state index is 13.7. The number of fused-ring (bicyclic) bond motifs is 3. The lowest BCUT2D eigenvalue weighted by Crippen LogP contribution is -2.45. The zero-order valence-corrected chi connectivity index (χ0v) is 18.8. The third-order valence-electron chi connectivity index (χ3n) is 6.11. The maximum Gasteiger partial charge on any atom is 0.318 e. The number of halogens is 2. The number of carbonyl (C=O) groups is 1. The summed E-state index contributed by atoms with van der Waals surface area (Å²) in [7, 11) is 1.61. The molecule has 3 aromatic carbocycles. The van der Waals surface area contributed by atoms with E-state index in [0.29, 0.717) is 24.5 Å². The number of amides is 2. The molecule has 2 N–H and O–H groups in total. The molecule has 0 saturated heterocycles. The molecule has 0 spiro atoms. The zero-order valence-electron chi connectivity index (χ0n) is 18.1. The Morgan fingerprint density at radius 1 is 1.18 bits per heavy atom. The third kappa shape index (κ3) is 4.14. The van der Waals surface area contributed by atoms with Crippen LogP contribution in [0.4, 0.5) is 9.18 Å². The molecule has 1 aliphatic heterocycles. The lowest BCUT2D eigenvalue weighted by atomic mass is 9.92. The van der Waals surface area contributed by atoms with Crippen molar-refractivity contribution in [2.45, 2.75) is 19.0 Å². The number of rotatable bonds is 4. The second-order valence-corrected chi connectivity index (χ2v) is 8.55. The van der Waals surface area contributed by atoms with Gasteiger partial charge in [0.25, 0.3) is 0 Å². The fourth-order valence-electron chi connectivity index (χ4n) is 4.53. The minimum absolute atomic E-state index is 0.186. The van der Waals surface area contributed by atoms with Gasteiger partial charge in [0.1, 0.15) is 11.6 Å². The van der Waals surface area contributed by atoms with Crippen LogP contribution in [0.3, 0.4) is 0 Å². The van der Waals surface area contributed by atoms with Gasteiger partial charge in [0.2, 0.25) is 0 Å². The monoisotopic (exact) mass is 463 g/mol. The number of urea groups is 1. The number of ether oxygens (including phenoxy) is 1. The van der Waals surface area contributed by atoms with Crippen LogP contribution in [0.25, 0.3) is 10.9 Å². The molecule has 0 radical (unpaired) electrons. The van der Waals surface area contributed by atoms with Gasteiger partial charge in [-0.3, -0.25) is 0 Å². The number of aromatic amines is 1. The molecule has 7 heteroatoms. The Morgan fingerprint density at radius 3 is 2.79 bits per heavy atom. The molecular formula is C26H23ClFN3O2. The standard InChI is InChI=1S/C26H23ClFN3O2/c1-33-20-4-2-3-16(13-20)15-29-26(32)31-12-11-21-22-14-18(27)7-10-23(22)30-24(21)25(31)17-5-8-19(28)9-6-17/h2-10,13-14,25,30H,11-12,15H2,1H3,(H,29,32)/t25-/m1/s1. The lowest BCUT2D eigenvalue weighted by Gasteiger charge is -2.36. The summed E-state index contributed by atoms with van der Waals surface area (Å²) in [4.78, 5) is 18.6. The first-order valence-electron chi connectivity index (χ1n) is 10.8. The molecule has 1 aromatic heterocycles. The van der Waals surface area contributed by atoms with Gasteiger partial charge < -0.3 is 19.9 Å². The molecular weight excluding hydrogens is 441 g/mol. The Morgan fingerprint density at radius 2 is 2.00 bits per heavy atom. The van der Waals surface area contributed by atoms with Crippen molar-refractivity contribution in [3.05, 3.63) is 100.0 Å². The van der Waals surface area contributed by atoms with E-state index < -0.39 is 0 Å². The third-order valence-corrected chi connectivity index (χ3v) is 6.35. The minimum Gasteiger partial charge on any atom is -0.497 e. The van der Waals surface area contributed by atoms with Gasteiger partial charge in [-0.1, -0.05) is 35.9 Å². The number of nitrogens with one attached hydrogen (secondary N) is 2. The van der Waals surface area contributed by atoms with Gasteiger partial charge in [-0.25, -0.2) is 9.18 Å². The van der Waals surface area contributed by atoms with Crippen molar-refractivity contribution in [1.29, 1.82) is 0 Å². The highest BCUT2D eigenvalue weighted by molar-refractivity contribution is 6.31. The minimum atomic E-state index is -0.370. The van der Waals surface area contributed by atoms with E-state index in [2.05, 4.69) is 10.3 Å². The molecule has 1 aliphatic rings. The Balaban J connectivity index is 1.49. The Labute approximate surface area is 196 Å². The molecule has 5 nitrogen and oxygen atoms in total. The van der Waals surface area contributed by atoms with Crippen molar-refractivity contribution >= 4 is 28.5 Å².